The fourth-order valence-electron chi connectivity index (χ4n) is 3.41. The number of nitrogens with one attached hydrogen (secondary N) is 1. The number of fused-ring (bicyclic) bond motifs is 1. The Morgan fingerprint density at radius 2 is 2.00 bits per heavy atom. The van der Waals surface area contributed by atoms with E-state index in [1.807, 2.05) is 61.2 Å². The standard InChI is InChI=1S/C20H25N3O2S2/c1-5-13(2)22-17(20(3,4)27-19(22)26)23(25)18(24)21-16-12-8-10-14-9-6-7-11-15(14)16/h6-13,17,25H,5H2,1-4H3,(H,21,24)/t13-,17-/m0/s1. The van der Waals surface area contributed by atoms with E-state index in [1.54, 1.807) is 0 Å². The first-order chi connectivity index (χ1) is 12.8. The number of thiocarbonyl (C=S) groups is 1. The minimum Gasteiger partial charge on any atom is -0.331 e. The Hall–Kier alpha value is -1.83. The van der Waals surface area contributed by atoms with Crippen LogP contribution in [0.1, 0.15) is 34.1 Å². The minimum atomic E-state index is -0.567. The van der Waals surface area contributed by atoms with E-state index in [9.17, 15) is 10.0 Å². The first-order valence-corrected chi connectivity index (χ1v) is 10.3. The molecule has 27 heavy (non-hydrogen) atoms. The summed E-state index contributed by atoms with van der Waals surface area (Å²) < 4.78 is 0.280. The van der Waals surface area contributed by atoms with Crippen LogP contribution in [0.4, 0.5) is 10.5 Å². The Balaban J connectivity index is 1.88. The highest BCUT2D eigenvalue weighted by Gasteiger charge is 2.50. The van der Waals surface area contributed by atoms with Crippen molar-refractivity contribution in [2.75, 3.05) is 5.32 Å². The molecule has 2 amide bonds. The van der Waals surface area contributed by atoms with E-state index in [0.717, 1.165) is 22.3 Å². The summed E-state index contributed by atoms with van der Waals surface area (Å²) in [6.45, 7) is 8.10. The summed E-state index contributed by atoms with van der Waals surface area (Å²) in [6.07, 6.45) is 0.325. The summed E-state index contributed by atoms with van der Waals surface area (Å²) in [5, 5.41) is 16.4. The molecule has 0 aliphatic carbocycles. The quantitative estimate of drug-likeness (QED) is 0.412. The summed E-state index contributed by atoms with van der Waals surface area (Å²) in [7, 11) is 0. The number of rotatable bonds is 4. The third-order valence-corrected chi connectivity index (χ3v) is 6.57. The number of anilines is 1. The molecule has 2 aromatic carbocycles. The Morgan fingerprint density at radius 1 is 1.33 bits per heavy atom. The number of urea groups is 1. The number of nitrogens with zero attached hydrogens (tertiary/aromatic N) is 2. The monoisotopic (exact) mass is 403 g/mol. The molecule has 3 rings (SSSR count). The molecule has 0 unspecified atom stereocenters. The maximum absolute atomic E-state index is 12.9. The largest absolute Gasteiger partial charge is 0.347 e. The van der Waals surface area contributed by atoms with Crippen molar-refractivity contribution < 1.29 is 10.0 Å². The third kappa shape index (κ3) is 3.77. The van der Waals surface area contributed by atoms with Crippen molar-refractivity contribution in [3.8, 4) is 0 Å². The zero-order valence-corrected chi connectivity index (χ0v) is 17.6. The van der Waals surface area contributed by atoms with Crippen molar-refractivity contribution in [3.63, 3.8) is 0 Å². The van der Waals surface area contributed by atoms with Crippen LogP contribution >= 0.6 is 24.0 Å². The minimum absolute atomic E-state index is 0.122. The molecule has 2 aromatic rings. The van der Waals surface area contributed by atoms with Gasteiger partial charge in [0.1, 0.15) is 10.5 Å². The van der Waals surface area contributed by atoms with E-state index >= 15 is 0 Å². The fraction of sp³-hybridized carbons (Fsp3) is 0.400. The summed E-state index contributed by atoms with van der Waals surface area (Å²) in [5.41, 5.74) is 0.665. The fourth-order valence-corrected chi connectivity index (χ4v) is 5.49. The number of amides is 2. The lowest BCUT2D eigenvalue weighted by Crippen LogP contribution is -2.57. The van der Waals surface area contributed by atoms with Crippen LogP contribution in [0.3, 0.4) is 0 Å². The van der Waals surface area contributed by atoms with Gasteiger partial charge in [-0.3, -0.25) is 5.21 Å². The van der Waals surface area contributed by atoms with Gasteiger partial charge in [-0.1, -0.05) is 67.3 Å². The smallest absolute Gasteiger partial charge is 0.331 e. The van der Waals surface area contributed by atoms with E-state index in [-0.39, 0.29) is 6.04 Å². The van der Waals surface area contributed by atoms with Crippen LogP contribution in [-0.4, -0.2) is 42.5 Å². The molecule has 1 fully saturated rings. The molecule has 0 bridgehead atoms. The van der Waals surface area contributed by atoms with E-state index in [4.69, 9.17) is 12.2 Å². The van der Waals surface area contributed by atoms with E-state index in [0.29, 0.717) is 10.0 Å². The first-order valence-electron chi connectivity index (χ1n) is 9.04. The Kier molecular flexibility index (Phi) is 5.65. The second-order valence-corrected chi connectivity index (χ2v) is 9.60. The number of hydrogen-bond acceptors (Lipinski definition) is 4. The van der Waals surface area contributed by atoms with Crippen LogP contribution in [0.5, 0.6) is 0 Å². The molecule has 1 heterocycles. The number of carbonyl (C=O) groups excluding carboxylic acids is 1. The maximum atomic E-state index is 12.9. The van der Waals surface area contributed by atoms with Gasteiger partial charge in [-0.05, 0) is 38.6 Å². The number of carbonyl (C=O) groups is 1. The molecule has 7 heteroatoms. The van der Waals surface area contributed by atoms with E-state index in [1.165, 1.54) is 11.8 Å². The van der Waals surface area contributed by atoms with Crippen LogP contribution < -0.4 is 5.32 Å². The zero-order valence-electron chi connectivity index (χ0n) is 16.0. The molecule has 5 nitrogen and oxygen atoms in total. The number of thioether (sulfide) groups is 1. The number of benzene rings is 2. The van der Waals surface area contributed by atoms with Gasteiger partial charge in [-0.25, -0.2) is 4.79 Å². The maximum Gasteiger partial charge on any atom is 0.347 e. The van der Waals surface area contributed by atoms with Gasteiger partial charge < -0.3 is 10.2 Å². The molecule has 0 spiro atoms. The lowest BCUT2D eigenvalue weighted by Gasteiger charge is -2.39. The molecule has 0 radical (unpaired) electrons. The zero-order chi connectivity index (χ0) is 19.8. The molecular weight excluding hydrogens is 378 g/mol. The van der Waals surface area contributed by atoms with Crippen LogP contribution in [0.2, 0.25) is 0 Å². The van der Waals surface area contributed by atoms with Crippen LogP contribution in [0.15, 0.2) is 42.5 Å². The summed E-state index contributed by atoms with van der Waals surface area (Å²) >= 11 is 7.04. The molecule has 0 saturated carbocycles. The van der Waals surface area contributed by atoms with Gasteiger partial charge in [-0.15, -0.1) is 0 Å². The summed E-state index contributed by atoms with van der Waals surface area (Å²) in [5.74, 6) is 0. The van der Waals surface area contributed by atoms with Gasteiger partial charge in [-0.2, -0.15) is 5.06 Å². The molecule has 1 aliphatic heterocycles. The van der Waals surface area contributed by atoms with E-state index in [2.05, 4.69) is 19.2 Å². The highest BCUT2D eigenvalue weighted by atomic mass is 32.2. The number of hydroxylamine groups is 2. The molecule has 144 valence electrons. The first kappa shape index (κ1) is 19.9. The van der Waals surface area contributed by atoms with Crippen molar-refractivity contribution in [2.45, 2.75) is 51.1 Å². The lowest BCUT2D eigenvalue weighted by atomic mass is 10.1. The van der Waals surface area contributed by atoms with Crippen molar-refractivity contribution >= 4 is 50.8 Å². The molecule has 0 aromatic heterocycles. The molecule has 1 saturated heterocycles. The van der Waals surface area contributed by atoms with Crippen LogP contribution in [0, 0.1) is 0 Å². The second kappa shape index (κ2) is 7.66. The normalized spacial score (nSPS) is 20.0. The topological polar surface area (TPSA) is 55.8 Å². The van der Waals surface area contributed by atoms with Gasteiger partial charge >= 0.3 is 6.03 Å². The van der Waals surface area contributed by atoms with Crippen LogP contribution in [-0.2, 0) is 0 Å². The predicted molar refractivity (Wildman–Crippen MR) is 116 cm³/mol. The lowest BCUT2D eigenvalue weighted by molar-refractivity contribution is -0.120. The Morgan fingerprint density at radius 3 is 2.70 bits per heavy atom. The van der Waals surface area contributed by atoms with Crippen molar-refractivity contribution in [1.29, 1.82) is 0 Å². The third-order valence-electron chi connectivity index (χ3n) is 4.98. The van der Waals surface area contributed by atoms with Gasteiger partial charge in [0.2, 0.25) is 0 Å². The van der Waals surface area contributed by atoms with Crippen molar-refractivity contribution in [3.05, 3.63) is 42.5 Å². The van der Waals surface area contributed by atoms with Crippen LogP contribution in [0.25, 0.3) is 10.8 Å². The molecule has 1 aliphatic rings. The highest BCUT2D eigenvalue weighted by molar-refractivity contribution is 8.24. The van der Waals surface area contributed by atoms with Gasteiger partial charge in [0.05, 0.1) is 10.4 Å². The van der Waals surface area contributed by atoms with Gasteiger partial charge in [0, 0.05) is 11.4 Å². The molecule has 2 N–H and O–H groups in total. The van der Waals surface area contributed by atoms with Crippen molar-refractivity contribution in [2.24, 2.45) is 0 Å². The summed E-state index contributed by atoms with van der Waals surface area (Å²) in [6, 6.07) is 13.1. The average molecular weight is 404 g/mol. The summed E-state index contributed by atoms with van der Waals surface area (Å²) in [4.78, 5) is 14.8. The predicted octanol–water partition coefficient (Wildman–Crippen LogP) is 5.30. The molecular formula is C20H25N3O2S2. The average Bonchev–Trinajstić information content (AvgIpc) is 2.89. The van der Waals surface area contributed by atoms with E-state index < -0.39 is 16.9 Å². The van der Waals surface area contributed by atoms with Crippen molar-refractivity contribution in [1.82, 2.24) is 9.96 Å². The number of hydrogen-bond donors (Lipinski definition) is 2. The van der Waals surface area contributed by atoms with Gasteiger partial charge in [0.15, 0.2) is 0 Å². The van der Waals surface area contributed by atoms with Gasteiger partial charge in [0.25, 0.3) is 0 Å². The second-order valence-electron chi connectivity index (χ2n) is 7.31. The SMILES string of the molecule is CC[C@H](C)N1C(=S)SC(C)(C)[C@@H]1N(O)C(=O)Nc1cccc2ccccc12. The highest BCUT2D eigenvalue weighted by Crippen LogP contribution is 2.44. The Bertz CT molecular complexity index is 866. The molecule has 2 atom stereocenters. The Labute approximate surface area is 169 Å².